The number of hydrogen-bond donors (Lipinski definition) is 1. The zero-order chi connectivity index (χ0) is 18.6. The van der Waals surface area contributed by atoms with Gasteiger partial charge in [0.05, 0.1) is 5.56 Å². The Kier molecular flexibility index (Phi) is 4.85. The first-order chi connectivity index (χ1) is 12.5. The Balaban J connectivity index is 1.76. The van der Waals surface area contributed by atoms with Crippen molar-refractivity contribution in [2.45, 2.75) is 12.7 Å². The van der Waals surface area contributed by atoms with Gasteiger partial charge >= 0.3 is 6.18 Å². The minimum atomic E-state index is -4.56. The van der Waals surface area contributed by atoms with E-state index in [4.69, 9.17) is 5.26 Å². The van der Waals surface area contributed by atoms with Crippen LogP contribution in [0.15, 0.2) is 60.9 Å². The number of aromatic nitrogens is 2. The fourth-order valence-electron chi connectivity index (χ4n) is 2.38. The minimum absolute atomic E-state index is 0.0602. The Hall–Kier alpha value is -3.40. The topological polar surface area (TPSA) is 61.6 Å². The fourth-order valence-corrected chi connectivity index (χ4v) is 2.38. The highest BCUT2D eigenvalue weighted by molar-refractivity contribution is 5.62. The second kappa shape index (κ2) is 7.23. The first-order valence-corrected chi connectivity index (χ1v) is 7.69. The lowest BCUT2D eigenvalue weighted by atomic mass is 10.1. The zero-order valence-electron chi connectivity index (χ0n) is 13.5. The van der Waals surface area contributed by atoms with Gasteiger partial charge in [-0.2, -0.15) is 18.4 Å². The van der Waals surface area contributed by atoms with Crippen LogP contribution in [0.2, 0.25) is 0 Å². The van der Waals surface area contributed by atoms with Crippen molar-refractivity contribution in [3.05, 3.63) is 77.7 Å². The molecule has 0 fully saturated rings. The van der Waals surface area contributed by atoms with Gasteiger partial charge in [-0.15, -0.1) is 0 Å². The molecule has 0 aliphatic rings. The summed E-state index contributed by atoms with van der Waals surface area (Å²) in [5.41, 5.74) is 1.83. The van der Waals surface area contributed by atoms with Crippen LogP contribution >= 0.6 is 0 Å². The van der Waals surface area contributed by atoms with Crippen molar-refractivity contribution in [3.63, 3.8) is 0 Å². The molecule has 0 spiro atoms. The summed E-state index contributed by atoms with van der Waals surface area (Å²) in [6.07, 6.45) is -1.12. The maximum atomic E-state index is 12.8. The van der Waals surface area contributed by atoms with Gasteiger partial charge in [-0.05, 0) is 34.9 Å². The average Bonchev–Trinajstić information content (AvgIpc) is 2.66. The lowest BCUT2D eigenvalue weighted by Crippen LogP contribution is -2.11. The van der Waals surface area contributed by atoms with E-state index in [0.717, 1.165) is 28.8 Å². The summed E-state index contributed by atoms with van der Waals surface area (Å²) in [5, 5.41) is 11.9. The second-order valence-electron chi connectivity index (χ2n) is 5.49. The summed E-state index contributed by atoms with van der Waals surface area (Å²) >= 11 is 0. The molecule has 0 saturated carbocycles. The molecule has 0 aliphatic carbocycles. The van der Waals surface area contributed by atoms with E-state index < -0.39 is 11.9 Å². The summed E-state index contributed by atoms with van der Waals surface area (Å²) in [7, 11) is 0. The Morgan fingerprint density at radius 2 is 1.77 bits per heavy atom. The quantitative estimate of drug-likeness (QED) is 0.741. The van der Waals surface area contributed by atoms with Crippen LogP contribution in [0.1, 0.15) is 16.8 Å². The van der Waals surface area contributed by atoms with Crippen molar-refractivity contribution in [2.24, 2.45) is 0 Å². The zero-order valence-corrected chi connectivity index (χ0v) is 13.5. The molecule has 4 nitrogen and oxygen atoms in total. The summed E-state index contributed by atoms with van der Waals surface area (Å²) in [6.45, 7) is 0.246. The van der Waals surface area contributed by atoms with Crippen molar-refractivity contribution in [3.8, 4) is 17.2 Å². The van der Waals surface area contributed by atoms with E-state index in [1.807, 2.05) is 42.5 Å². The van der Waals surface area contributed by atoms with E-state index in [1.54, 1.807) is 12.4 Å². The lowest BCUT2D eigenvalue weighted by molar-refractivity contribution is -0.141. The van der Waals surface area contributed by atoms with Crippen LogP contribution in [-0.4, -0.2) is 9.97 Å². The van der Waals surface area contributed by atoms with E-state index >= 15 is 0 Å². The van der Waals surface area contributed by atoms with Gasteiger partial charge in [0.2, 0.25) is 0 Å². The standard InChI is InChI=1S/C19H13F3N4/c20-19(21,22)17-8-7-15(10-23)18(26-17)25-11-13-3-5-14(6-4-13)16-2-1-9-24-12-16/h1-9,12H,11H2,(H,25,26). The van der Waals surface area contributed by atoms with Crippen molar-refractivity contribution in [1.29, 1.82) is 5.26 Å². The van der Waals surface area contributed by atoms with Crippen LogP contribution in [0.4, 0.5) is 19.0 Å². The van der Waals surface area contributed by atoms with E-state index in [0.29, 0.717) is 0 Å². The molecule has 26 heavy (non-hydrogen) atoms. The number of benzene rings is 1. The number of nitrogens with zero attached hydrogens (tertiary/aromatic N) is 3. The van der Waals surface area contributed by atoms with Gasteiger partial charge in [0, 0.05) is 18.9 Å². The van der Waals surface area contributed by atoms with Crippen LogP contribution in [0.3, 0.4) is 0 Å². The average molecular weight is 354 g/mol. The molecule has 1 aromatic carbocycles. The van der Waals surface area contributed by atoms with Crippen molar-refractivity contribution in [1.82, 2.24) is 9.97 Å². The predicted octanol–water partition coefficient (Wildman–Crippen LogP) is 4.65. The molecule has 0 unspecified atom stereocenters. The summed E-state index contributed by atoms with van der Waals surface area (Å²) in [5.74, 6) is -0.0846. The number of anilines is 1. The third kappa shape index (κ3) is 3.98. The van der Waals surface area contributed by atoms with Crippen LogP contribution in [0, 0.1) is 11.3 Å². The SMILES string of the molecule is N#Cc1ccc(C(F)(F)F)nc1NCc1ccc(-c2cccnc2)cc1. The van der Waals surface area contributed by atoms with Gasteiger partial charge in [0.25, 0.3) is 0 Å². The third-order valence-electron chi connectivity index (χ3n) is 3.71. The predicted molar refractivity (Wildman–Crippen MR) is 91.0 cm³/mol. The van der Waals surface area contributed by atoms with E-state index in [2.05, 4.69) is 15.3 Å². The monoisotopic (exact) mass is 354 g/mol. The normalized spacial score (nSPS) is 11.0. The van der Waals surface area contributed by atoms with E-state index in [1.165, 1.54) is 0 Å². The molecule has 2 aromatic heterocycles. The summed E-state index contributed by atoms with van der Waals surface area (Å²) in [6, 6.07) is 15.0. The fraction of sp³-hybridized carbons (Fsp3) is 0.105. The highest BCUT2D eigenvalue weighted by Gasteiger charge is 2.33. The van der Waals surface area contributed by atoms with Gasteiger partial charge in [-0.25, -0.2) is 4.98 Å². The lowest BCUT2D eigenvalue weighted by Gasteiger charge is -2.11. The minimum Gasteiger partial charge on any atom is -0.365 e. The van der Waals surface area contributed by atoms with Crippen molar-refractivity contribution < 1.29 is 13.2 Å². The molecule has 2 heterocycles. The molecule has 0 amide bonds. The van der Waals surface area contributed by atoms with Gasteiger partial charge < -0.3 is 5.32 Å². The number of pyridine rings is 2. The Morgan fingerprint density at radius 1 is 1.00 bits per heavy atom. The summed E-state index contributed by atoms with van der Waals surface area (Å²) in [4.78, 5) is 7.59. The highest BCUT2D eigenvalue weighted by atomic mass is 19.4. The molecule has 0 aliphatic heterocycles. The maximum absolute atomic E-state index is 12.8. The Labute approximate surface area is 148 Å². The number of rotatable bonds is 4. The smallest absolute Gasteiger partial charge is 0.365 e. The van der Waals surface area contributed by atoms with Crippen LogP contribution in [0.5, 0.6) is 0 Å². The highest BCUT2D eigenvalue weighted by Crippen LogP contribution is 2.29. The van der Waals surface area contributed by atoms with Crippen molar-refractivity contribution in [2.75, 3.05) is 5.32 Å². The third-order valence-corrected chi connectivity index (χ3v) is 3.71. The van der Waals surface area contributed by atoms with Gasteiger partial charge in [0.15, 0.2) is 0 Å². The maximum Gasteiger partial charge on any atom is 0.433 e. The molecule has 0 radical (unpaired) electrons. The van der Waals surface area contributed by atoms with Crippen LogP contribution in [0.25, 0.3) is 11.1 Å². The molecule has 7 heteroatoms. The van der Waals surface area contributed by atoms with E-state index in [-0.39, 0.29) is 17.9 Å². The molecule has 3 aromatic rings. The van der Waals surface area contributed by atoms with Gasteiger partial charge in [-0.3, -0.25) is 4.98 Å². The van der Waals surface area contributed by atoms with Crippen LogP contribution in [-0.2, 0) is 12.7 Å². The first kappa shape index (κ1) is 17.4. The summed E-state index contributed by atoms with van der Waals surface area (Å²) < 4.78 is 38.4. The Bertz CT molecular complexity index is 930. The largest absolute Gasteiger partial charge is 0.433 e. The van der Waals surface area contributed by atoms with Crippen molar-refractivity contribution >= 4 is 5.82 Å². The molecule has 1 N–H and O–H groups in total. The first-order valence-electron chi connectivity index (χ1n) is 7.69. The number of hydrogen-bond acceptors (Lipinski definition) is 4. The number of nitriles is 1. The molecule has 0 saturated heterocycles. The number of nitrogens with one attached hydrogen (secondary N) is 1. The molecule has 0 atom stereocenters. The number of halogens is 3. The van der Waals surface area contributed by atoms with Crippen LogP contribution < -0.4 is 5.32 Å². The molecule has 3 rings (SSSR count). The molecular weight excluding hydrogens is 341 g/mol. The van der Waals surface area contributed by atoms with E-state index in [9.17, 15) is 13.2 Å². The second-order valence-corrected chi connectivity index (χ2v) is 5.49. The van der Waals surface area contributed by atoms with Gasteiger partial charge in [-0.1, -0.05) is 30.3 Å². The Morgan fingerprint density at radius 3 is 2.38 bits per heavy atom. The number of alkyl halides is 3. The molecule has 130 valence electrons. The van der Waals surface area contributed by atoms with Gasteiger partial charge in [0.1, 0.15) is 17.6 Å². The molecular formula is C19H13F3N4. The molecule has 0 bridgehead atoms.